The summed E-state index contributed by atoms with van der Waals surface area (Å²) in [6, 6.07) is 8.13. The molecule has 0 amide bonds. The second kappa shape index (κ2) is 6.48. The zero-order valence-electron chi connectivity index (χ0n) is 12.3. The number of aromatic nitrogens is 2. The summed E-state index contributed by atoms with van der Waals surface area (Å²) in [6.45, 7) is 7.68. The molecule has 0 bridgehead atoms. The molecule has 2 N–H and O–H groups in total. The smallest absolute Gasteiger partial charge is 0.268 e. The number of H-pyrrole nitrogens is 1. The lowest BCUT2D eigenvalue weighted by atomic mass is 10.0. The topological polar surface area (TPSA) is 57.8 Å². The van der Waals surface area contributed by atoms with E-state index >= 15 is 0 Å². The van der Waals surface area contributed by atoms with Gasteiger partial charge in [0, 0.05) is 17.7 Å². The Labute approximate surface area is 119 Å². The average Bonchev–Trinajstić information content (AvgIpc) is 2.44. The van der Waals surface area contributed by atoms with Crippen LogP contribution in [-0.4, -0.2) is 16.7 Å². The summed E-state index contributed by atoms with van der Waals surface area (Å²) < 4.78 is 0. The normalized spacial score (nSPS) is 10.8. The number of rotatable bonds is 5. The second-order valence-electron chi connectivity index (χ2n) is 5.10. The van der Waals surface area contributed by atoms with Gasteiger partial charge in [-0.25, -0.2) is 5.10 Å². The van der Waals surface area contributed by atoms with Gasteiger partial charge in [-0.1, -0.05) is 24.6 Å². The summed E-state index contributed by atoms with van der Waals surface area (Å²) in [5, 5.41) is 10.0. The van der Waals surface area contributed by atoms with Crippen LogP contribution >= 0.6 is 0 Å². The van der Waals surface area contributed by atoms with Crippen LogP contribution in [0.2, 0.25) is 0 Å². The van der Waals surface area contributed by atoms with E-state index in [4.69, 9.17) is 0 Å². The van der Waals surface area contributed by atoms with Gasteiger partial charge in [-0.05, 0) is 44.5 Å². The highest BCUT2D eigenvalue weighted by molar-refractivity contribution is 5.64. The van der Waals surface area contributed by atoms with Gasteiger partial charge in [0.25, 0.3) is 5.56 Å². The van der Waals surface area contributed by atoms with Crippen molar-refractivity contribution in [1.29, 1.82) is 0 Å². The zero-order chi connectivity index (χ0) is 14.5. The maximum absolute atomic E-state index is 11.8. The van der Waals surface area contributed by atoms with Crippen LogP contribution in [0.15, 0.2) is 29.1 Å². The van der Waals surface area contributed by atoms with Gasteiger partial charge < -0.3 is 5.32 Å². The monoisotopic (exact) mass is 271 g/mol. The fourth-order valence-corrected chi connectivity index (χ4v) is 2.13. The number of nitrogens with one attached hydrogen (secondary N) is 2. The van der Waals surface area contributed by atoms with Crippen molar-refractivity contribution in [3.05, 3.63) is 51.3 Å². The summed E-state index contributed by atoms with van der Waals surface area (Å²) in [4.78, 5) is 11.8. The SMILES string of the molecule is CCCNCc1cc(-c2cc(C)ccc2C)n[nH]c1=O. The van der Waals surface area contributed by atoms with Crippen LogP contribution in [0, 0.1) is 13.8 Å². The van der Waals surface area contributed by atoms with Gasteiger partial charge in [0.15, 0.2) is 0 Å². The van der Waals surface area contributed by atoms with Crippen molar-refractivity contribution < 1.29 is 0 Å². The van der Waals surface area contributed by atoms with Gasteiger partial charge in [-0.15, -0.1) is 0 Å². The molecule has 0 saturated carbocycles. The Morgan fingerprint density at radius 3 is 2.80 bits per heavy atom. The largest absolute Gasteiger partial charge is 0.312 e. The van der Waals surface area contributed by atoms with E-state index < -0.39 is 0 Å². The average molecular weight is 271 g/mol. The quantitative estimate of drug-likeness (QED) is 0.822. The molecule has 1 heterocycles. The third-order valence-corrected chi connectivity index (χ3v) is 3.29. The molecule has 0 aliphatic heterocycles. The molecule has 106 valence electrons. The molecular weight excluding hydrogens is 250 g/mol. The lowest BCUT2D eigenvalue weighted by Crippen LogP contribution is -2.22. The molecule has 0 saturated heterocycles. The van der Waals surface area contributed by atoms with Crippen molar-refractivity contribution in [1.82, 2.24) is 15.5 Å². The molecule has 0 unspecified atom stereocenters. The van der Waals surface area contributed by atoms with Crippen LogP contribution in [0.3, 0.4) is 0 Å². The van der Waals surface area contributed by atoms with E-state index in [-0.39, 0.29) is 5.56 Å². The Hall–Kier alpha value is -1.94. The highest BCUT2D eigenvalue weighted by Crippen LogP contribution is 2.22. The van der Waals surface area contributed by atoms with Gasteiger partial charge in [0.2, 0.25) is 0 Å². The molecule has 0 aliphatic carbocycles. The van der Waals surface area contributed by atoms with Crippen molar-refractivity contribution in [2.24, 2.45) is 0 Å². The van der Waals surface area contributed by atoms with E-state index in [1.165, 1.54) is 5.56 Å². The predicted molar refractivity (Wildman–Crippen MR) is 81.8 cm³/mol. The van der Waals surface area contributed by atoms with Crippen molar-refractivity contribution in [3.63, 3.8) is 0 Å². The van der Waals surface area contributed by atoms with Crippen LogP contribution in [0.1, 0.15) is 30.0 Å². The number of aryl methyl sites for hydroxylation is 2. The lowest BCUT2D eigenvalue weighted by molar-refractivity contribution is 0.668. The minimum Gasteiger partial charge on any atom is -0.312 e. The summed E-state index contributed by atoms with van der Waals surface area (Å²) >= 11 is 0. The van der Waals surface area contributed by atoms with Gasteiger partial charge in [-0.3, -0.25) is 4.79 Å². The number of benzene rings is 1. The Bertz CT molecular complexity index is 646. The molecule has 0 spiro atoms. The molecule has 2 rings (SSSR count). The molecule has 2 aromatic rings. The summed E-state index contributed by atoms with van der Waals surface area (Å²) in [7, 11) is 0. The van der Waals surface area contributed by atoms with Crippen molar-refractivity contribution in [2.45, 2.75) is 33.7 Å². The van der Waals surface area contributed by atoms with E-state index in [0.29, 0.717) is 6.54 Å². The van der Waals surface area contributed by atoms with E-state index in [0.717, 1.165) is 35.3 Å². The summed E-state index contributed by atoms with van der Waals surface area (Å²) in [5.41, 5.74) is 4.83. The Morgan fingerprint density at radius 1 is 1.25 bits per heavy atom. The van der Waals surface area contributed by atoms with Crippen molar-refractivity contribution >= 4 is 0 Å². The molecule has 0 fully saturated rings. The maximum atomic E-state index is 11.8. The minimum absolute atomic E-state index is 0.123. The molecule has 0 radical (unpaired) electrons. The van der Waals surface area contributed by atoms with Crippen LogP contribution in [0.25, 0.3) is 11.3 Å². The van der Waals surface area contributed by atoms with E-state index in [1.807, 2.05) is 6.07 Å². The van der Waals surface area contributed by atoms with E-state index in [9.17, 15) is 4.79 Å². The number of hydrogen-bond acceptors (Lipinski definition) is 3. The highest BCUT2D eigenvalue weighted by Gasteiger charge is 2.07. The maximum Gasteiger partial charge on any atom is 0.268 e. The Kier molecular flexibility index (Phi) is 4.69. The molecule has 1 aromatic carbocycles. The first-order chi connectivity index (χ1) is 9.61. The third kappa shape index (κ3) is 3.33. The number of nitrogens with zero attached hydrogens (tertiary/aromatic N) is 1. The van der Waals surface area contributed by atoms with E-state index in [2.05, 4.69) is 54.5 Å². The van der Waals surface area contributed by atoms with Gasteiger partial charge in [0.05, 0.1) is 5.69 Å². The van der Waals surface area contributed by atoms with Crippen LogP contribution < -0.4 is 10.9 Å². The first-order valence-electron chi connectivity index (χ1n) is 6.98. The second-order valence-corrected chi connectivity index (χ2v) is 5.10. The molecule has 0 aliphatic rings. The van der Waals surface area contributed by atoms with Crippen LogP contribution in [0.5, 0.6) is 0 Å². The first-order valence-corrected chi connectivity index (χ1v) is 6.98. The predicted octanol–water partition coefficient (Wildman–Crippen LogP) is 2.55. The van der Waals surface area contributed by atoms with Gasteiger partial charge in [-0.2, -0.15) is 5.10 Å². The Morgan fingerprint density at radius 2 is 2.05 bits per heavy atom. The molecule has 4 heteroatoms. The first kappa shape index (κ1) is 14.5. The Balaban J connectivity index is 2.35. The highest BCUT2D eigenvalue weighted by atomic mass is 16.1. The molecule has 20 heavy (non-hydrogen) atoms. The molecule has 1 aromatic heterocycles. The molecular formula is C16H21N3O. The fourth-order valence-electron chi connectivity index (χ4n) is 2.13. The third-order valence-electron chi connectivity index (χ3n) is 3.29. The zero-order valence-corrected chi connectivity index (χ0v) is 12.3. The van der Waals surface area contributed by atoms with Crippen LogP contribution in [0.4, 0.5) is 0 Å². The van der Waals surface area contributed by atoms with Crippen molar-refractivity contribution in [2.75, 3.05) is 6.54 Å². The standard InChI is InChI=1S/C16H21N3O/c1-4-7-17-10-13-9-15(18-19-16(13)20)14-8-11(2)5-6-12(14)3/h5-6,8-9,17H,4,7,10H2,1-3H3,(H,19,20). The fraction of sp³-hybridized carbons (Fsp3) is 0.375. The van der Waals surface area contributed by atoms with Gasteiger partial charge >= 0.3 is 0 Å². The van der Waals surface area contributed by atoms with Crippen molar-refractivity contribution in [3.8, 4) is 11.3 Å². The van der Waals surface area contributed by atoms with Crippen LogP contribution in [-0.2, 0) is 6.54 Å². The van der Waals surface area contributed by atoms with Gasteiger partial charge in [0.1, 0.15) is 0 Å². The van der Waals surface area contributed by atoms with E-state index in [1.54, 1.807) is 0 Å². The number of hydrogen-bond donors (Lipinski definition) is 2. The summed E-state index contributed by atoms with van der Waals surface area (Å²) in [5.74, 6) is 0. The lowest BCUT2D eigenvalue weighted by Gasteiger charge is -2.08. The molecule has 0 atom stereocenters. The molecule has 4 nitrogen and oxygen atoms in total. The number of aromatic amines is 1. The summed E-state index contributed by atoms with van der Waals surface area (Å²) in [6.07, 6.45) is 1.05. The minimum atomic E-state index is -0.123.